The molecule has 132 valence electrons. The molecule has 0 spiro atoms. The Morgan fingerprint density at radius 2 is 2.17 bits per heavy atom. The summed E-state index contributed by atoms with van der Waals surface area (Å²) in [5.74, 6) is 4.75. The zero-order chi connectivity index (χ0) is 16.0. The highest BCUT2D eigenvalue weighted by Crippen LogP contribution is 2.60. The van der Waals surface area contributed by atoms with E-state index in [1.165, 1.54) is 12.2 Å². The molecular formula is C19H28IN3S. The number of hydrogen-bond acceptors (Lipinski definition) is 2. The molecule has 1 aromatic rings. The second-order valence-electron chi connectivity index (χ2n) is 7.71. The Kier molecular flexibility index (Phi) is 5.40. The van der Waals surface area contributed by atoms with E-state index in [9.17, 15) is 0 Å². The van der Waals surface area contributed by atoms with Crippen LogP contribution in [0.3, 0.4) is 0 Å². The average molecular weight is 457 g/mol. The van der Waals surface area contributed by atoms with Crippen molar-refractivity contribution in [2.24, 2.45) is 16.8 Å². The molecule has 3 nitrogen and oxygen atoms in total. The minimum atomic E-state index is 0. The predicted molar refractivity (Wildman–Crippen MR) is 115 cm³/mol. The molecule has 0 amide bonds. The van der Waals surface area contributed by atoms with Crippen LogP contribution in [-0.2, 0) is 6.42 Å². The third-order valence-electron chi connectivity index (χ3n) is 5.63. The number of nitrogens with one attached hydrogen (secondary N) is 1. The zero-order valence-electron chi connectivity index (χ0n) is 14.8. The first-order valence-electron chi connectivity index (χ1n) is 8.76. The third kappa shape index (κ3) is 3.43. The lowest BCUT2D eigenvalue weighted by Gasteiger charge is -2.39. The van der Waals surface area contributed by atoms with Gasteiger partial charge in [0, 0.05) is 37.2 Å². The Morgan fingerprint density at radius 3 is 2.92 bits per heavy atom. The highest BCUT2D eigenvalue weighted by molar-refractivity contribution is 14.0. The van der Waals surface area contributed by atoms with Crippen LogP contribution >= 0.6 is 35.7 Å². The van der Waals surface area contributed by atoms with Gasteiger partial charge in [-0.05, 0) is 49.1 Å². The van der Waals surface area contributed by atoms with Gasteiger partial charge in [-0.2, -0.15) is 11.8 Å². The molecule has 2 aliphatic carbocycles. The maximum absolute atomic E-state index is 4.54. The number of thioether (sulfide) groups is 1. The second kappa shape index (κ2) is 7.06. The zero-order valence-corrected chi connectivity index (χ0v) is 17.9. The maximum atomic E-state index is 4.54. The number of aliphatic imine (C=N–C) groups is 1. The van der Waals surface area contributed by atoms with Gasteiger partial charge < -0.3 is 10.2 Å². The molecule has 1 aliphatic heterocycles. The van der Waals surface area contributed by atoms with E-state index in [0.717, 1.165) is 43.3 Å². The van der Waals surface area contributed by atoms with E-state index in [1.54, 1.807) is 11.1 Å². The van der Waals surface area contributed by atoms with E-state index in [-0.39, 0.29) is 24.0 Å². The summed E-state index contributed by atoms with van der Waals surface area (Å²) in [4.78, 5) is 6.97. The Labute approximate surface area is 167 Å². The molecule has 5 heteroatoms. The summed E-state index contributed by atoms with van der Waals surface area (Å²) < 4.78 is 0.324. The largest absolute Gasteiger partial charge is 0.356 e. The summed E-state index contributed by atoms with van der Waals surface area (Å²) in [6.45, 7) is 7.92. The van der Waals surface area contributed by atoms with Crippen molar-refractivity contribution in [2.75, 3.05) is 32.4 Å². The number of fused-ring (bicyclic) bond motifs is 3. The van der Waals surface area contributed by atoms with Gasteiger partial charge in [-0.25, -0.2) is 0 Å². The van der Waals surface area contributed by atoms with Gasteiger partial charge in [0.05, 0.1) is 0 Å². The highest BCUT2D eigenvalue weighted by Gasteiger charge is 2.55. The van der Waals surface area contributed by atoms with E-state index in [2.05, 4.69) is 65.1 Å². The number of nitrogens with zero attached hydrogens (tertiary/aromatic N) is 2. The molecule has 1 saturated carbocycles. The molecule has 1 N–H and O–H groups in total. The smallest absolute Gasteiger partial charge is 0.193 e. The van der Waals surface area contributed by atoms with Gasteiger partial charge in [0.15, 0.2) is 5.96 Å². The van der Waals surface area contributed by atoms with Crippen molar-refractivity contribution in [1.82, 2.24) is 10.2 Å². The van der Waals surface area contributed by atoms with Gasteiger partial charge in [0.1, 0.15) is 0 Å². The van der Waals surface area contributed by atoms with Crippen LogP contribution in [0.1, 0.15) is 30.9 Å². The van der Waals surface area contributed by atoms with Crippen LogP contribution in [-0.4, -0.2) is 48.0 Å². The van der Waals surface area contributed by atoms with Crippen molar-refractivity contribution in [3.05, 3.63) is 35.4 Å². The maximum Gasteiger partial charge on any atom is 0.193 e. The van der Waals surface area contributed by atoms with E-state index >= 15 is 0 Å². The number of guanidine groups is 1. The van der Waals surface area contributed by atoms with Gasteiger partial charge in [-0.3, -0.25) is 4.99 Å². The molecule has 3 atom stereocenters. The summed E-state index contributed by atoms with van der Waals surface area (Å²) in [5, 5.41) is 3.66. The first kappa shape index (κ1) is 18.4. The fourth-order valence-corrected chi connectivity index (χ4v) is 5.61. The van der Waals surface area contributed by atoms with Gasteiger partial charge in [0.25, 0.3) is 0 Å². The summed E-state index contributed by atoms with van der Waals surface area (Å²) in [6, 6.07) is 9.00. The molecule has 4 rings (SSSR count). The molecule has 0 radical (unpaired) electrons. The normalized spacial score (nSPS) is 30.2. The minimum absolute atomic E-state index is 0. The molecule has 24 heavy (non-hydrogen) atoms. The summed E-state index contributed by atoms with van der Waals surface area (Å²) >= 11 is 2.07. The first-order chi connectivity index (χ1) is 11.1. The Bertz CT molecular complexity index is 631. The average Bonchev–Trinajstić information content (AvgIpc) is 3.06. The van der Waals surface area contributed by atoms with Crippen LogP contribution in [0.4, 0.5) is 0 Å². The van der Waals surface area contributed by atoms with Crippen molar-refractivity contribution in [1.29, 1.82) is 0 Å². The van der Waals surface area contributed by atoms with Crippen LogP contribution < -0.4 is 5.32 Å². The number of benzene rings is 1. The fourth-order valence-electron chi connectivity index (χ4n) is 4.50. The Balaban J connectivity index is 0.00000169. The molecule has 0 aromatic heterocycles. The highest BCUT2D eigenvalue weighted by atomic mass is 127. The van der Waals surface area contributed by atoms with Gasteiger partial charge >= 0.3 is 0 Å². The van der Waals surface area contributed by atoms with E-state index in [0.29, 0.717) is 4.75 Å². The standard InChI is InChI=1S/C19H27N3S.HI/c1-19(2)12-22(8-9-23-19)18(20-3)21-11-16-15-10-13-6-4-5-7-14(13)17(15)16;/h4-7,15-17H,8-12H2,1-3H3,(H,20,21);1H. The van der Waals surface area contributed by atoms with E-state index in [4.69, 9.17) is 0 Å². The SMILES string of the molecule is CN=C(NCC1C2Cc3ccccc3C12)N1CCSC(C)(C)C1.I. The van der Waals surface area contributed by atoms with E-state index in [1.807, 2.05) is 7.05 Å². The monoisotopic (exact) mass is 457 g/mol. The van der Waals surface area contributed by atoms with Gasteiger partial charge in [-0.15, -0.1) is 24.0 Å². The van der Waals surface area contributed by atoms with Crippen molar-refractivity contribution >= 4 is 41.7 Å². The van der Waals surface area contributed by atoms with Crippen LogP contribution in [0.15, 0.2) is 29.3 Å². The predicted octanol–water partition coefficient (Wildman–Crippen LogP) is 3.59. The van der Waals surface area contributed by atoms with E-state index < -0.39 is 0 Å². The number of rotatable bonds is 2. The third-order valence-corrected chi connectivity index (χ3v) is 6.93. The lowest BCUT2D eigenvalue weighted by Crippen LogP contribution is -2.51. The number of halogens is 1. The Morgan fingerprint density at radius 1 is 1.38 bits per heavy atom. The Hall–Kier alpha value is -0.430. The lowest BCUT2D eigenvalue weighted by molar-refractivity contribution is 0.374. The topological polar surface area (TPSA) is 27.6 Å². The van der Waals surface area contributed by atoms with Crippen molar-refractivity contribution in [3.8, 4) is 0 Å². The van der Waals surface area contributed by atoms with Crippen molar-refractivity contribution in [3.63, 3.8) is 0 Å². The lowest BCUT2D eigenvalue weighted by atomic mass is 10.0. The van der Waals surface area contributed by atoms with Crippen LogP contribution in [0.2, 0.25) is 0 Å². The van der Waals surface area contributed by atoms with Crippen LogP contribution in [0.25, 0.3) is 0 Å². The molecule has 1 heterocycles. The molecule has 3 aliphatic rings. The second-order valence-corrected chi connectivity index (χ2v) is 9.52. The summed E-state index contributed by atoms with van der Waals surface area (Å²) in [6.07, 6.45) is 1.28. The quantitative estimate of drug-likeness (QED) is 0.418. The summed E-state index contributed by atoms with van der Waals surface area (Å²) in [7, 11) is 1.92. The van der Waals surface area contributed by atoms with Crippen molar-refractivity contribution in [2.45, 2.75) is 30.9 Å². The van der Waals surface area contributed by atoms with Crippen LogP contribution in [0, 0.1) is 11.8 Å². The molecule has 1 saturated heterocycles. The molecule has 0 bridgehead atoms. The fraction of sp³-hybridized carbons (Fsp3) is 0.632. The molecule has 1 aromatic carbocycles. The van der Waals surface area contributed by atoms with Gasteiger partial charge in [0.2, 0.25) is 0 Å². The van der Waals surface area contributed by atoms with Gasteiger partial charge in [-0.1, -0.05) is 24.3 Å². The molecular weight excluding hydrogens is 429 g/mol. The van der Waals surface area contributed by atoms with Crippen LogP contribution in [0.5, 0.6) is 0 Å². The first-order valence-corrected chi connectivity index (χ1v) is 9.75. The van der Waals surface area contributed by atoms with Crippen molar-refractivity contribution < 1.29 is 0 Å². The molecule has 3 unspecified atom stereocenters. The summed E-state index contributed by atoms with van der Waals surface area (Å²) in [5.41, 5.74) is 3.19. The number of hydrogen-bond donors (Lipinski definition) is 1. The molecule has 2 fully saturated rings. The minimum Gasteiger partial charge on any atom is -0.356 e.